The molecule has 2 fully saturated rings. The van der Waals surface area contributed by atoms with Gasteiger partial charge in [0.15, 0.2) is 0 Å². The van der Waals surface area contributed by atoms with Crippen molar-refractivity contribution in [2.45, 2.75) is 70.8 Å². The Morgan fingerprint density at radius 2 is 1.77 bits per heavy atom. The van der Waals surface area contributed by atoms with E-state index in [0.717, 1.165) is 49.7 Å². The molecule has 1 saturated carbocycles. The summed E-state index contributed by atoms with van der Waals surface area (Å²) in [7, 11) is 0. The van der Waals surface area contributed by atoms with Crippen molar-refractivity contribution in [1.82, 2.24) is 0 Å². The third-order valence-electron chi connectivity index (χ3n) is 5.43. The van der Waals surface area contributed by atoms with Gasteiger partial charge in [-0.25, -0.2) is 0 Å². The van der Waals surface area contributed by atoms with Crippen LogP contribution in [-0.2, 0) is 4.74 Å². The van der Waals surface area contributed by atoms with E-state index in [4.69, 9.17) is 4.74 Å². The minimum Gasteiger partial charge on any atom is -0.374 e. The average molecular weight is 312 g/mol. The summed E-state index contributed by atoms with van der Waals surface area (Å²) >= 11 is 0. The predicted molar refractivity (Wildman–Crippen MR) is 86.9 cm³/mol. The Bertz CT molecular complexity index is 358. The van der Waals surface area contributed by atoms with Gasteiger partial charge in [0.05, 0.1) is 12.7 Å². The molecular weight excluding hydrogens is 282 g/mol. The molecule has 1 heterocycles. The average Bonchev–Trinajstić information content (AvgIpc) is 2.53. The van der Waals surface area contributed by atoms with Crippen LogP contribution in [0.4, 0.5) is 8.78 Å². The van der Waals surface area contributed by atoms with Crippen LogP contribution in [0.2, 0.25) is 0 Å². The fourth-order valence-electron chi connectivity index (χ4n) is 4.10. The molecule has 0 amide bonds. The molecule has 0 aromatic rings. The molecule has 2 unspecified atom stereocenters. The molecule has 2 aliphatic rings. The zero-order chi connectivity index (χ0) is 15.8. The van der Waals surface area contributed by atoms with Gasteiger partial charge in [-0.1, -0.05) is 31.4 Å². The second-order valence-corrected chi connectivity index (χ2v) is 6.94. The van der Waals surface area contributed by atoms with Gasteiger partial charge in [-0.3, -0.25) is 0 Å². The van der Waals surface area contributed by atoms with Gasteiger partial charge in [0.1, 0.15) is 0 Å². The van der Waals surface area contributed by atoms with E-state index in [2.05, 4.69) is 19.1 Å². The number of unbranched alkanes of at least 4 members (excludes halogenated alkanes) is 1. The molecule has 0 N–H and O–H groups in total. The van der Waals surface area contributed by atoms with Crippen molar-refractivity contribution in [3.05, 3.63) is 24.3 Å². The molecule has 0 aromatic heterocycles. The molecule has 22 heavy (non-hydrogen) atoms. The highest BCUT2D eigenvalue weighted by molar-refractivity contribution is 4.91. The molecule has 1 aliphatic carbocycles. The normalized spacial score (nSPS) is 33.0. The lowest BCUT2D eigenvalue weighted by molar-refractivity contribution is -0.0168. The van der Waals surface area contributed by atoms with Crippen LogP contribution >= 0.6 is 0 Å². The highest BCUT2D eigenvalue weighted by Gasteiger charge is 2.30. The quantitative estimate of drug-likeness (QED) is 0.424. The van der Waals surface area contributed by atoms with Gasteiger partial charge in [0, 0.05) is 0 Å². The fourth-order valence-corrected chi connectivity index (χ4v) is 4.10. The molecule has 1 aliphatic heterocycles. The van der Waals surface area contributed by atoms with E-state index in [1.807, 2.05) is 0 Å². The van der Waals surface area contributed by atoms with Gasteiger partial charge < -0.3 is 4.74 Å². The first-order valence-electron chi connectivity index (χ1n) is 8.94. The van der Waals surface area contributed by atoms with Crippen molar-refractivity contribution in [2.75, 3.05) is 6.61 Å². The number of hydrogen-bond donors (Lipinski definition) is 0. The van der Waals surface area contributed by atoms with Gasteiger partial charge in [-0.2, -0.15) is 8.78 Å². The number of halogens is 2. The summed E-state index contributed by atoms with van der Waals surface area (Å²) in [5, 5.41) is 0. The van der Waals surface area contributed by atoms with E-state index in [1.54, 1.807) is 0 Å². The Morgan fingerprint density at radius 1 is 1.05 bits per heavy atom. The van der Waals surface area contributed by atoms with Crippen molar-refractivity contribution in [2.24, 2.45) is 17.8 Å². The first-order chi connectivity index (χ1) is 10.7. The molecule has 2 rings (SSSR count). The molecule has 0 aromatic carbocycles. The van der Waals surface area contributed by atoms with Crippen molar-refractivity contribution >= 4 is 0 Å². The summed E-state index contributed by atoms with van der Waals surface area (Å²) in [6, 6.07) is 0. The largest absolute Gasteiger partial charge is 0.374 e. The van der Waals surface area contributed by atoms with E-state index < -0.39 is 6.08 Å². The topological polar surface area (TPSA) is 9.23 Å². The van der Waals surface area contributed by atoms with Crippen molar-refractivity contribution < 1.29 is 13.5 Å². The van der Waals surface area contributed by atoms with Gasteiger partial charge >= 0.3 is 0 Å². The third-order valence-corrected chi connectivity index (χ3v) is 5.43. The maximum Gasteiger partial charge on any atom is 0.266 e. The van der Waals surface area contributed by atoms with Gasteiger partial charge in [-0.15, -0.1) is 0 Å². The lowest BCUT2D eigenvalue weighted by Gasteiger charge is -2.37. The van der Waals surface area contributed by atoms with Crippen LogP contribution in [0.15, 0.2) is 24.3 Å². The third kappa shape index (κ3) is 5.83. The second-order valence-electron chi connectivity index (χ2n) is 6.94. The summed E-state index contributed by atoms with van der Waals surface area (Å²) in [6.07, 6.45) is 14.3. The van der Waals surface area contributed by atoms with Crippen LogP contribution in [0.3, 0.4) is 0 Å². The van der Waals surface area contributed by atoms with Crippen LogP contribution in [0.25, 0.3) is 0 Å². The molecule has 1 nitrogen and oxygen atoms in total. The fraction of sp³-hybridized carbons (Fsp3) is 0.789. The number of hydrogen-bond acceptors (Lipinski definition) is 1. The summed E-state index contributed by atoms with van der Waals surface area (Å²) < 4.78 is 29.9. The maximum atomic E-state index is 12.0. The minimum atomic E-state index is -1.53. The van der Waals surface area contributed by atoms with Crippen LogP contribution < -0.4 is 0 Å². The molecule has 0 bridgehead atoms. The highest BCUT2D eigenvalue weighted by Crippen LogP contribution is 2.39. The standard InChI is InChI=1S/C19H30F2O/c1-2-5-18-13-12-17(14-22-18)16-10-8-15(9-11-16)6-3-4-7-19(20)21/h2,5,7,15-18H,3-4,6,8-14H2,1H3. The van der Waals surface area contributed by atoms with E-state index in [-0.39, 0.29) is 0 Å². The Hall–Kier alpha value is -0.700. The van der Waals surface area contributed by atoms with Crippen LogP contribution in [-0.4, -0.2) is 12.7 Å². The Kier molecular flexibility index (Phi) is 7.57. The van der Waals surface area contributed by atoms with E-state index in [0.29, 0.717) is 12.5 Å². The van der Waals surface area contributed by atoms with Crippen molar-refractivity contribution in [1.29, 1.82) is 0 Å². The predicted octanol–water partition coefficient (Wildman–Crippen LogP) is 6.11. The maximum absolute atomic E-state index is 12.0. The van der Waals surface area contributed by atoms with Crippen molar-refractivity contribution in [3.63, 3.8) is 0 Å². The van der Waals surface area contributed by atoms with Gasteiger partial charge in [-0.05, 0) is 69.3 Å². The molecular formula is C19H30F2O. The zero-order valence-electron chi connectivity index (χ0n) is 13.8. The smallest absolute Gasteiger partial charge is 0.266 e. The molecule has 2 atom stereocenters. The number of rotatable bonds is 6. The molecule has 3 heteroatoms. The molecule has 1 saturated heterocycles. The molecule has 126 valence electrons. The van der Waals surface area contributed by atoms with Gasteiger partial charge in [0.2, 0.25) is 0 Å². The van der Waals surface area contributed by atoms with Crippen LogP contribution in [0, 0.1) is 17.8 Å². The number of allylic oxidation sites excluding steroid dienone is 2. The van der Waals surface area contributed by atoms with Crippen LogP contribution in [0.5, 0.6) is 0 Å². The Balaban J connectivity index is 1.62. The number of ether oxygens (including phenoxy) is 1. The van der Waals surface area contributed by atoms with E-state index in [9.17, 15) is 8.78 Å². The first-order valence-corrected chi connectivity index (χ1v) is 8.94. The summed E-state index contributed by atoms with van der Waals surface area (Å²) in [6.45, 7) is 2.97. The Morgan fingerprint density at radius 3 is 2.36 bits per heavy atom. The lowest BCUT2D eigenvalue weighted by atomic mass is 9.73. The van der Waals surface area contributed by atoms with Crippen LogP contribution in [0.1, 0.15) is 64.7 Å². The molecule has 0 radical (unpaired) electrons. The summed E-state index contributed by atoms with van der Waals surface area (Å²) in [5.41, 5.74) is 0. The lowest BCUT2D eigenvalue weighted by Crippen LogP contribution is -2.31. The minimum absolute atomic E-state index is 0.335. The summed E-state index contributed by atoms with van der Waals surface area (Å²) in [5.74, 6) is 2.32. The van der Waals surface area contributed by atoms with E-state index in [1.165, 1.54) is 32.1 Å². The van der Waals surface area contributed by atoms with E-state index >= 15 is 0 Å². The zero-order valence-corrected chi connectivity index (χ0v) is 13.8. The monoisotopic (exact) mass is 312 g/mol. The second kappa shape index (κ2) is 9.44. The summed E-state index contributed by atoms with van der Waals surface area (Å²) in [4.78, 5) is 0. The molecule has 0 spiro atoms. The Labute approximate surface area is 133 Å². The van der Waals surface area contributed by atoms with Crippen molar-refractivity contribution in [3.8, 4) is 0 Å². The van der Waals surface area contributed by atoms with Gasteiger partial charge in [0.25, 0.3) is 6.08 Å². The highest BCUT2D eigenvalue weighted by atomic mass is 19.3. The SMILES string of the molecule is CC=CC1CCC(C2CCC(CCCC=C(F)F)CC2)CO1. The first kappa shape index (κ1) is 17.7.